The molecule has 176 valence electrons. The van der Waals surface area contributed by atoms with Crippen molar-refractivity contribution in [3.05, 3.63) is 77.3 Å². The van der Waals surface area contributed by atoms with Gasteiger partial charge in [-0.3, -0.25) is 4.57 Å². The minimum atomic E-state index is 0.0115. The van der Waals surface area contributed by atoms with E-state index in [1.807, 2.05) is 24.3 Å². The maximum absolute atomic E-state index is 6.76. The molecule has 4 nitrogen and oxygen atoms in total. The van der Waals surface area contributed by atoms with E-state index in [0.29, 0.717) is 5.02 Å². The monoisotopic (exact) mass is 483 g/mol. The molecule has 0 aliphatic carbocycles. The average molecular weight is 484 g/mol. The lowest BCUT2D eigenvalue weighted by molar-refractivity contribution is 0.414. The van der Waals surface area contributed by atoms with Crippen molar-refractivity contribution in [2.75, 3.05) is 14.2 Å². The zero-order chi connectivity index (χ0) is 24.5. The summed E-state index contributed by atoms with van der Waals surface area (Å²) in [7, 11) is 3.35. The van der Waals surface area contributed by atoms with Gasteiger partial charge in [0.25, 0.3) is 0 Å². The second-order valence-electron chi connectivity index (χ2n) is 9.94. The minimum absolute atomic E-state index is 0.0115. The third-order valence-corrected chi connectivity index (χ3v) is 7.15. The predicted molar refractivity (Wildman–Crippen MR) is 145 cm³/mol. The number of halogens is 1. The molecule has 0 amide bonds. The van der Waals surface area contributed by atoms with Gasteiger partial charge in [-0.25, -0.2) is 0 Å². The number of rotatable bonds is 3. The number of ether oxygens (including phenoxy) is 2. The summed E-state index contributed by atoms with van der Waals surface area (Å²) in [5.41, 5.74) is 4.69. The quantitative estimate of drug-likeness (QED) is 0.252. The van der Waals surface area contributed by atoms with Crippen molar-refractivity contribution in [3.8, 4) is 17.2 Å². The molecule has 0 bridgehead atoms. The molecule has 0 unspecified atom stereocenters. The molecule has 6 aromatic rings. The van der Waals surface area contributed by atoms with Crippen LogP contribution in [-0.4, -0.2) is 18.8 Å². The molecule has 0 aliphatic rings. The summed E-state index contributed by atoms with van der Waals surface area (Å²) in [6.07, 6.45) is 0. The molecule has 4 aromatic carbocycles. The van der Waals surface area contributed by atoms with E-state index in [1.165, 1.54) is 5.56 Å². The molecule has 0 aliphatic heterocycles. The summed E-state index contributed by atoms with van der Waals surface area (Å²) in [4.78, 5) is 0. The van der Waals surface area contributed by atoms with Crippen molar-refractivity contribution in [1.82, 2.24) is 4.57 Å². The van der Waals surface area contributed by atoms with Gasteiger partial charge in [-0.1, -0.05) is 50.6 Å². The van der Waals surface area contributed by atoms with E-state index in [-0.39, 0.29) is 5.41 Å². The van der Waals surface area contributed by atoms with Crippen molar-refractivity contribution in [1.29, 1.82) is 0 Å². The molecule has 5 heteroatoms. The molecule has 0 saturated heterocycles. The number of fused-ring (bicyclic) bond motifs is 7. The van der Waals surface area contributed by atoms with Gasteiger partial charge < -0.3 is 13.9 Å². The van der Waals surface area contributed by atoms with E-state index in [4.69, 9.17) is 25.5 Å². The first-order valence-electron chi connectivity index (χ1n) is 11.6. The molecule has 0 fully saturated rings. The van der Waals surface area contributed by atoms with E-state index in [9.17, 15) is 0 Å². The molecule has 2 aromatic heterocycles. The molecule has 6 rings (SSSR count). The van der Waals surface area contributed by atoms with Crippen molar-refractivity contribution in [2.45, 2.75) is 26.2 Å². The molecule has 0 spiro atoms. The molecule has 0 radical (unpaired) electrons. The van der Waals surface area contributed by atoms with Gasteiger partial charge in [0.05, 0.1) is 35.8 Å². The van der Waals surface area contributed by atoms with E-state index >= 15 is 0 Å². The van der Waals surface area contributed by atoms with E-state index in [0.717, 1.165) is 60.9 Å². The maximum atomic E-state index is 6.76. The largest absolute Gasteiger partial charge is 0.497 e. The van der Waals surface area contributed by atoms with Crippen LogP contribution in [0.2, 0.25) is 5.02 Å². The lowest BCUT2D eigenvalue weighted by atomic mass is 9.86. The Hall–Kier alpha value is -3.63. The van der Waals surface area contributed by atoms with E-state index < -0.39 is 0 Å². The van der Waals surface area contributed by atoms with Crippen LogP contribution in [0.1, 0.15) is 26.3 Å². The number of methoxy groups -OCH3 is 2. The van der Waals surface area contributed by atoms with Crippen LogP contribution in [-0.2, 0) is 5.41 Å². The van der Waals surface area contributed by atoms with Gasteiger partial charge in [-0.05, 0) is 64.2 Å². The second kappa shape index (κ2) is 7.69. The van der Waals surface area contributed by atoms with E-state index in [1.54, 1.807) is 14.2 Å². The number of benzene rings is 4. The second-order valence-corrected chi connectivity index (χ2v) is 10.3. The molecule has 2 heterocycles. The van der Waals surface area contributed by atoms with Gasteiger partial charge in [0.1, 0.15) is 17.1 Å². The van der Waals surface area contributed by atoms with Crippen LogP contribution in [0.4, 0.5) is 0 Å². The van der Waals surface area contributed by atoms with Crippen molar-refractivity contribution >= 4 is 55.3 Å². The molecular formula is C30H26ClNO3. The predicted octanol–water partition coefficient (Wildman–Crippen LogP) is 8.65. The molecule has 0 saturated carbocycles. The molecule has 35 heavy (non-hydrogen) atoms. The highest BCUT2D eigenvalue weighted by molar-refractivity contribution is 6.33. The molecule has 0 atom stereocenters. The number of hydrogen-bond acceptors (Lipinski definition) is 3. The third kappa shape index (κ3) is 3.28. The zero-order valence-corrected chi connectivity index (χ0v) is 21.2. The Kier molecular flexibility index (Phi) is 4.81. The first-order valence-corrected chi connectivity index (χ1v) is 12.0. The maximum Gasteiger partial charge on any atom is 0.213 e. The van der Waals surface area contributed by atoms with Gasteiger partial charge in [0.2, 0.25) is 5.71 Å². The Balaban J connectivity index is 1.86. The van der Waals surface area contributed by atoms with Crippen LogP contribution < -0.4 is 9.47 Å². The van der Waals surface area contributed by atoms with Crippen molar-refractivity contribution in [3.63, 3.8) is 0 Å². The lowest BCUT2D eigenvalue weighted by Crippen LogP contribution is -2.10. The molecule has 0 N–H and O–H groups in total. The van der Waals surface area contributed by atoms with Gasteiger partial charge in [-0.2, -0.15) is 0 Å². The number of hydrogen-bond donors (Lipinski definition) is 0. The summed E-state index contributed by atoms with van der Waals surface area (Å²) in [6.45, 7) is 6.68. The van der Waals surface area contributed by atoms with Crippen LogP contribution in [0.3, 0.4) is 0 Å². The first-order chi connectivity index (χ1) is 16.8. The van der Waals surface area contributed by atoms with Crippen LogP contribution in [0.15, 0.2) is 71.1 Å². The number of aromatic nitrogens is 1. The summed E-state index contributed by atoms with van der Waals surface area (Å²) in [6, 6.07) is 22.6. The number of furan rings is 1. The highest BCUT2D eigenvalue weighted by atomic mass is 35.5. The normalized spacial score (nSPS) is 12.3. The van der Waals surface area contributed by atoms with Crippen LogP contribution >= 0.6 is 11.6 Å². The summed E-state index contributed by atoms with van der Waals surface area (Å²) in [5, 5.41) is 6.12. The van der Waals surface area contributed by atoms with Crippen molar-refractivity contribution < 1.29 is 13.9 Å². The smallest absolute Gasteiger partial charge is 0.213 e. The van der Waals surface area contributed by atoms with Gasteiger partial charge in [-0.15, -0.1) is 0 Å². The van der Waals surface area contributed by atoms with Crippen LogP contribution in [0, 0.1) is 0 Å². The fraction of sp³-hybridized carbons (Fsp3) is 0.200. The zero-order valence-electron chi connectivity index (χ0n) is 20.4. The lowest BCUT2D eigenvalue weighted by Gasteiger charge is -2.18. The summed E-state index contributed by atoms with van der Waals surface area (Å²) < 4.78 is 19.8. The van der Waals surface area contributed by atoms with E-state index in [2.05, 4.69) is 67.8 Å². The van der Waals surface area contributed by atoms with Crippen LogP contribution in [0.25, 0.3) is 49.4 Å². The Bertz CT molecular complexity index is 1770. The fourth-order valence-corrected chi connectivity index (χ4v) is 5.16. The van der Waals surface area contributed by atoms with Crippen LogP contribution in [0.5, 0.6) is 11.5 Å². The van der Waals surface area contributed by atoms with Crippen molar-refractivity contribution in [2.24, 2.45) is 0 Å². The Morgan fingerprint density at radius 2 is 1.49 bits per heavy atom. The summed E-state index contributed by atoms with van der Waals surface area (Å²) >= 11 is 6.76. The van der Waals surface area contributed by atoms with Gasteiger partial charge >= 0.3 is 0 Å². The third-order valence-electron chi connectivity index (χ3n) is 6.83. The van der Waals surface area contributed by atoms with Gasteiger partial charge in [0, 0.05) is 16.8 Å². The Labute approximate surface area is 208 Å². The molecular weight excluding hydrogens is 458 g/mol. The first kappa shape index (κ1) is 21.9. The SMILES string of the molecule is COc1ccc(Cl)c(-n2c3ccc4ccc(OC)cc4c3c3c4cc(C(C)(C)C)ccc4oc32)c1. The Morgan fingerprint density at radius 1 is 0.771 bits per heavy atom. The summed E-state index contributed by atoms with van der Waals surface area (Å²) in [5.74, 6) is 1.54. The fourth-order valence-electron chi connectivity index (χ4n) is 4.95. The standard InChI is InChI=1S/C30H26ClNO3/c1-30(2,3)18-8-13-26-22(14-18)28-27-21-15-19(33-4)9-6-17(21)7-12-24(27)32(29(28)35-26)25-16-20(34-5)10-11-23(25)31/h6-16H,1-5H3. The average Bonchev–Trinajstić information content (AvgIpc) is 3.37. The highest BCUT2D eigenvalue weighted by Crippen LogP contribution is 2.44. The highest BCUT2D eigenvalue weighted by Gasteiger charge is 2.24. The Morgan fingerprint density at radius 3 is 2.23 bits per heavy atom. The number of nitrogens with zero attached hydrogens (tertiary/aromatic N) is 1. The minimum Gasteiger partial charge on any atom is -0.497 e. The topological polar surface area (TPSA) is 36.5 Å². The van der Waals surface area contributed by atoms with Gasteiger partial charge in [0.15, 0.2) is 0 Å².